The van der Waals surface area contributed by atoms with Gasteiger partial charge in [0, 0.05) is 42.1 Å². The molecule has 0 radical (unpaired) electrons. The molecule has 34 heavy (non-hydrogen) atoms. The second-order valence-electron chi connectivity index (χ2n) is 8.26. The van der Waals surface area contributed by atoms with Crippen molar-refractivity contribution in [2.75, 3.05) is 7.05 Å². The van der Waals surface area contributed by atoms with Crippen molar-refractivity contribution in [3.05, 3.63) is 94.2 Å². The standard InChI is InChI=1S/C26H25N5OS2/c1-18-11-12-19(2)31(18)26-27-21(17-34-26)14-24(32)29(3)15-20-16-30(22-8-5-4-6-9-22)28-25(20)23-10-7-13-33-23/h4-13,16-17H,14-15H2,1-3H3. The van der Waals surface area contributed by atoms with Crippen molar-refractivity contribution in [2.45, 2.75) is 26.8 Å². The van der Waals surface area contributed by atoms with E-state index in [1.54, 1.807) is 27.6 Å². The van der Waals surface area contributed by atoms with Gasteiger partial charge in [0.1, 0.15) is 5.69 Å². The van der Waals surface area contributed by atoms with Crippen LogP contribution in [0.1, 0.15) is 22.6 Å². The summed E-state index contributed by atoms with van der Waals surface area (Å²) in [6, 6.07) is 18.3. The molecule has 0 aliphatic rings. The number of carbonyl (C=O) groups excluding carboxylic acids is 1. The molecule has 0 saturated carbocycles. The van der Waals surface area contributed by atoms with Crippen molar-refractivity contribution in [1.82, 2.24) is 24.2 Å². The summed E-state index contributed by atoms with van der Waals surface area (Å²) >= 11 is 3.21. The number of hydrogen-bond acceptors (Lipinski definition) is 5. The van der Waals surface area contributed by atoms with Crippen LogP contribution in [-0.2, 0) is 17.8 Å². The van der Waals surface area contributed by atoms with Gasteiger partial charge in [0.25, 0.3) is 0 Å². The van der Waals surface area contributed by atoms with Gasteiger partial charge in [0.2, 0.25) is 5.91 Å². The summed E-state index contributed by atoms with van der Waals surface area (Å²) in [7, 11) is 1.84. The molecule has 0 N–H and O–H groups in total. The molecule has 1 aromatic carbocycles. The summed E-state index contributed by atoms with van der Waals surface area (Å²) in [4.78, 5) is 20.7. The lowest BCUT2D eigenvalue weighted by atomic mass is 10.2. The maximum atomic E-state index is 13.1. The van der Waals surface area contributed by atoms with E-state index in [0.717, 1.165) is 44.0 Å². The topological polar surface area (TPSA) is 56.0 Å². The highest BCUT2D eigenvalue weighted by Gasteiger charge is 2.19. The minimum absolute atomic E-state index is 0.0300. The molecule has 4 aromatic heterocycles. The van der Waals surface area contributed by atoms with Gasteiger partial charge in [0.05, 0.1) is 22.7 Å². The molecular weight excluding hydrogens is 462 g/mol. The van der Waals surface area contributed by atoms with Crippen LogP contribution in [0.5, 0.6) is 0 Å². The van der Waals surface area contributed by atoms with Crippen LogP contribution in [0.3, 0.4) is 0 Å². The van der Waals surface area contributed by atoms with Crippen LogP contribution in [0.2, 0.25) is 0 Å². The lowest BCUT2D eigenvalue weighted by molar-refractivity contribution is -0.129. The molecule has 0 spiro atoms. The van der Waals surface area contributed by atoms with E-state index >= 15 is 0 Å². The Hall–Kier alpha value is -3.49. The minimum Gasteiger partial charge on any atom is -0.341 e. The normalized spacial score (nSPS) is 11.1. The lowest BCUT2D eigenvalue weighted by Crippen LogP contribution is -2.27. The van der Waals surface area contributed by atoms with Crippen LogP contribution >= 0.6 is 22.7 Å². The number of hydrogen-bond donors (Lipinski definition) is 0. The highest BCUT2D eigenvalue weighted by atomic mass is 32.1. The first-order chi connectivity index (χ1) is 16.5. The van der Waals surface area contributed by atoms with Crippen molar-refractivity contribution in [3.63, 3.8) is 0 Å². The smallest absolute Gasteiger partial charge is 0.228 e. The molecule has 0 atom stereocenters. The molecule has 172 valence electrons. The van der Waals surface area contributed by atoms with Crippen molar-refractivity contribution in [2.24, 2.45) is 0 Å². The predicted molar refractivity (Wildman–Crippen MR) is 138 cm³/mol. The van der Waals surface area contributed by atoms with E-state index in [0.29, 0.717) is 6.54 Å². The summed E-state index contributed by atoms with van der Waals surface area (Å²) in [6.45, 7) is 4.60. The highest BCUT2D eigenvalue weighted by Crippen LogP contribution is 2.29. The molecule has 0 aliphatic heterocycles. The molecule has 6 nitrogen and oxygen atoms in total. The van der Waals surface area contributed by atoms with Gasteiger partial charge in [-0.25, -0.2) is 9.67 Å². The number of nitrogens with zero attached hydrogens (tertiary/aromatic N) is 5. The number of rotatable bonds is 7. The van der Waals surface area contributed by atoms with Gasteiger partial charge in [-0.1, -0.05) is 24.3 Å². The number of thiophene rings is 1. The first kappa shape index (κ1) is 22.3. The monoisotopic (exact) mass is 487 g/mol. The minimum atomic E-state index is 0.0300. The number of amides is 1. The van der Waals surface area contributed by atoms with Crippen LogP contribution in [0.4, 0.5) is 0 Å². The summed E-state index contributed by atoms with van der Waals surface area (Å²) in [6.07, 6.45) is 2.29. The molecule has 8 heteroatoms. The Morgan fingerprint density at radius 1 is 1.00 bits per heavy atom. The maximum Gasteiger partial charge on any atom is 0.228 e. The number of aryl methyl sites for hydroxylation is 2. The summed E-state index contributed by atoms with van der Waals surface area (Å²) in [5, 5.41) is 9.76. The molecule has 4 heterocycles. The van der Waals surface area contributed by atoms with Crippen LogP contribution < -0.4 is 0 Å². The molecule has 5 rings (SSSR count). The Morgan fingerprint density at radius 3 is 2.47 bits per heavy atom. The maximum absolute atomic E-state index is 13.1. The van der Waals surface area contributed by atoms with Crippen LogP contribution in [-0.4, -0.2) is 37.2 Å². The Bertz CT molecular complexity index is 1390. The first-order valence-electron chi connectivity index (χ1n) is 11.0. The van der Waals surface area contributed by atoms with Crippen LogP contribution in [0.15, 0.2) is 71.6 Å². The highest BCUT2D eigenvalue weighted by molar-refractivity contribution is 7.13. The fraction of sp³-hybridized carbons (Fsp3) is 0.192. The third-order valence-electron chi connectivity index (χ3n) is 5.73. The van der Waals surface area contributed by atoms with Crippen LogP contribution in [0, 0.1) is 13.8 Å². The van der Waals surface area contributed by atoms with E-state index < -0.39 is 0 Å². The Labute approximate surface area is 206 Å². The second-order valence-corrected chi connectivity index (χ2v) is 10.0. The van der Waals surface area contributed by atoms with Gasteiger partial charge < -0.3 is 4.90 Å². The molecular formula is C26H25N5OS2. The number of para-hydroxylation sites is 1. The number of carbonyl (C=O) groups is 1. The molecule has 0 saturated heterocycles. The SMILES string of the molecule is Cc1ccc(C)n1-c1nc(CC(=O)N(C)Cc2cn(-c3ccccc3)nc2-c2cccs2)cs1. The number of likely N-dealkylation sites (N-methyl/N-ethyl adjacent to an activating group) is 1. The largest absolute Gasteiger partial charge is 0.341 e. The van der Waals surface area contributed by atoms with Gasteiger partial charge in [-0.3, -0.25) is 9.36 Å². The van der Waals surface area contributed by atoms with Gasteiger partial charge in [0.15, 0.2) is 5.13 Å². The Balaban J connectivity index is 1.34. The number of thiazole rings is 1. The van der Waals surface area contributed by atoms with E-state index in [9.17, 15) is 4.79 Å². The quantitative estimate of drug-likeness (QED) is 0.297. The van der Waals surface area contributed by atoms with Crippen molar-refractivity contribution < 1.29 is 4.79 Å². The van der Waals surface area contributed by atoms with Crippen molar-refractivity contribution >= 4 is 28.6 Å². The summed E-state index contributed by atoms with van der Waals surface area (Å²) in [5.74, 6) is 0.0300. The van der Waals surface area contributed by atoms with E-state index in [2.05, 4.69) is 36.6 Å². The van der Waals surface area contributed by atoms with E-state index in [-0.39, 0.29) is 12.3 Å². The fourth-order valence-corrected chi connectivity index (χ4v) is 5.63. The Kier molecular flexibility index (Phi) is 6.17. The van der Waals surface area contributed by atoms with Crippen molar-refractivity contribution in [1.29, 1.82) is 0 Å². The van der Waals surface area contributed by atoms with E-state index in [4.69, 9.17) is 10.1 Å². The summed E-state index contributed by atoms with van der Waals surface area (Å²) < 4.78 is 4.00. The molecule has 0 unspecified atom stereocenters. The molecule has 0 aliphatic carbocycles. The van der Waals surface area contributed by atoms with Gasteiger partial charge >= 0.3 is 0 Å². The number of aromatic nitrogens is 4. The van der Waals surface area contributed by atoms with Crippen molar-refractivity contribution in [3.8, 4) is 21.4 Å². The lowest BCUT2D eigenvalue weighted by Gasteiger charge is -2.16. The van der Waals surface area contributed by atoms with Gasteiger partial charge in [-0.05, 0) is 49.6 Å². The average Bonchev–Trinajstić information content (AvgIpc) is 3.63. The molecule has 0 fully saturated rings. The van der Waals surface area contributed by atoms with E-state index in [1.807, 2.05) is 65.1 Å². The van der Waals surface area contributed by atoms with Gasteiger partial charge in [-0.15, -0.1) is 22.7 Å². The number of benzene rings is 1. The Morgan fingerprint density at radius 2 is 1.76 bits per heavy atom. The zero-order valence-electron chi connectivity index (χ0n) is 19.3. The zero-order valence-corrected chi connectivity index (χ0v) is 20.9. The summed E-state index contributed by atoms with van der Waals surface area (Å²) in [5.41, 5.74) is 5.98. The average molecular weight is 488 g/mol. The third-order valence-corrected chi connectivity index (χ3v) is 7.48. The predicted octanol–water partition coefficient (Wildman–Crippen LogP) is 5.67. The van der Waals surface area contributed by atoms with Crippen LogP contribution in [0.25, 0.3) is 21.4 Å². The van der Waals surface area contributed by atoms with Gasteiger partial charge in [-0.2, -0.15) is 5.10 Å². The fourth-order valence-electron chi connectivity index (χ4n) is 3.94. The molecule has 1 amide bonds. The zero-order chi connectivity index (χ0) is 23.7. The third kappa shape index (κ3) is 4.47. The molecule has 5 aromatic rings. The molecule has 0 bridgehead atoms. The second kappa shape index (κ2) is 9.40. The van der Waals surface area contributed by atoms with E-state index in [1.165, 1.54) is 0 Å². The first-order valence-corrected chi connectivity index (χ1v) is 12.8.